The molecule has 4 atom stereocenters. The lowest BCUT2D eigenvalue weighted by molar-refractivity contribution is -0.126. The average Bonchev–Trinajstić information content (AvgIpc) is 2.45. The van der Waals surface area contributed by atoms with Gasteiger partial charge in [-0.15, -0.1) is 0 Å². The van der Waals surface area contributed by atoms with E-state index in [9.17, 15) is 26.2 Å². The van der Waals surface area contributed by atoms with E-state index in [-0.39, 0.29) is 24.4 Å². The Morgan fingerprint density at radius 3 is 2.21 bits per heavy atom. The van der Waals surface area contributed by atoms with Crippen molar-refractivity contribution in [3.05, 3.63) is 0 Å². The molecule has 0 aromatic heterocycles. The molecule has 2 aliphatic rings. The van der Waals surface area contributed by atoms with Crippen molar-refractivity contribution in [2.24, 2.45) is 5.92 Å². The van der Waals surface area contributed by atoms with Crippen LogP contribution < -0.4 is 10.0 Å². The molecule has 0 heterocycles. The number of amides is 1. The summed E-state index contributed by atoms with van der Waals surface area (Å²) in [6.07, 6.45) is 5.71. The van der Waals surface area contributed by atoms with E-state index < -0.39 is 31.3 Å². The summed E-state index contributed by atoms with van der Waals surface area (Å²) in [5, 5.41) is 2.06. The van der Waals surface area contributed by atoms with Gasteiger partial charge in [0, 0.05) is 18.0 Å². The summed E-state index contributed by atoms with van der Waals surface area (Å²) < 4.78 is 57.0. The molecule has 3 N–H and O–H groups in total. The van der Waals surface area contributed by atoms with Crippen LogP contribution in [-0.4, -0.2) is 50.9 Å². The second kappa shape index (κ2) is 7.67. The molecule has 24 heavy (non-hydrogen) atoms. The van der Waals surface area contributed by atoms with Crippen LogP contribution in [0, 0.1) is 5.92 Å². The smallest absolute Gasteiger partial charge is 0.267 e. The first-order valence-corrected chi connectivity index (χ1v) is 11.7. The fourth-order valence-electron chi connectivity index (χ4n) is 3.70. The third-order valence-corrected chi connectivity index (χ3v) is 6.85. The lowest BCUT2D eigenvalue weighted by Gasteiger charge is -2.32. The zero-order chi connectivity index (χ0) is 18.0. The molecule has 0 spiro atoms. The molecule has 0 aromatic rings. The summed E-state index contributed by atoms with van der Waals surface area (Å²) in [4.78, 5) is 12.4. The van der Waals surface area contributed by atoms with Gasteiger partial charge in [0.05, 0.1) is 11.5 Å². The minimum atomic E-state index is -4.11. The highest BCUT2D eigenvalue weighted by Gasteiger charge is 2.35. The van der Waals surface area contributed by atoms with Crippen LogP contribution >= 0.6 is 0 Å². The number of carbonyl (C=O) groups excluding carboxylic acids is 1. The van der Waals surface area contributed by atoms with E-state index >= 15 is 0 Å². The quantitative estimate of drug-likeness (QED) is 0.591. The Hall–Kier alpha value is -0.710. The minimum Gasteiger partial charge on any atom is -0.353 e. The van der Waals surface area contributed by atoms with E-state index in [4.69, 9.17) is 0 Å². The second-order valence-electron chi connectivity index (χ2n) is 6.96. The van der Waals surface area contributed by atoms with Gasteiger partial charge in [-0.3, -0.25) is 9.35 Å². The molecule has 140 valence electrons. The maximum Gasteiger partial charge on any atom is 0.267 e. The van der Waals surface area contributed by atoms with Crippen molar-refractivity contribution < 1.29 is 26.2 Å². The Labute approximate surface area is 143 Å². The third kappa shape index (κ3) is 5.98. The van der Waals surface area contributed by atoms with Crippen LogP contribution in [0.2, 0.25) is 0 Å². The molecule has 2 aliphatic carbocycles. The highest BCUT2D eigenvalue weighted by atomic mass is 32.2. The molecular formula is C14H26N2O6S2. The first kappa shape index (κ1) is 19.6. The van der Waals surface area contributed by atoms with Crippen molar-refractivity contribution in [1.29, 1.82) is 0 Å². The topological polar surface area (TPSA) is 130 Å². The largest absolute Gasteiger partial charge is 0.353 e. The van der Waals surface area contributed by atoms with Crippen LogP contribution in [-0.2, 0) is 24.9 Å². The molecule has 2 rings (SSSR count). The lowest BCUT2D eigenvalue weighted by Crippen LogP contribution is -2.47. The monoisotopic (exact) mass is 382 g/mol. The van der Waals surface area contributed by atoms with Gasteiger partial charge in [0.1, 0.15) is 0 Å². The van der Waals surface area contributed by atoms with E-state index in [1.54, 1.807) is 0 Å². The predicted molar refractivity (Wildman–Crippen MR) is 89.5 cm³/mol. The average molecular weight is 383 g/mol. The second-order valence-corrected chi connectivity index (χ2v) is 10.4. The molecule has 0 saturated heterocycles. The summed E-state index contributed by atoms with van der Waals surface area (Å²) in [6, 6.07) is -0.299. The molecule has 1 amide bonds. The van der Waals surface area contributed by atoms with Gasteiger partial charge in [0.15, 0.2) is 0 Å². The summed E-state index contributed by atoms with van der Waals surface area (Å²) in [6.45, 7) is 0. The number of hydrogen-bond acceptors (Lipinski definition) is 5. The van der Waals surface area contributed by atoms with Crippen molar-refractivity contribution in [2.75, 3.05) is 6.26 Å². The predicted octanol–water partition coefficient (Wildman–Crippen LogP) is 0.410. The fraction of sp³-hybridized carbons (Fsp3) is 0.929. The van der Waals surface area contributed by atoms with Gasteiger partial charge in [-0.2, -0.15) is 8.42 Å². The van der Waals surface area contributed by atoms with Crippen LogP contribution in [0.5, 0.6) is 0 Å². The lowest BCUT2D eigenvalue weighted by atomic mass is 9.86. The minimum absolute atomic E-state index is 0.114. The van der Waals surface area contributed by atoms with Gasteiger partial charge >= 0.3 is 0 Å². The Bertz CT molecular complexity index is 661. The Morgan fingerprint density at radius 1 is 0.958 bits per heavy atom. The first-order chi connectivity index (χ1) is 11.0. The van der Waals surface area contributed by atoms with Crippen LogP contribution in [0.25, 0.3) is 0 Å². The molecule has 4 unspecified atom stereocenters. The molecule has 0 aliphatic heterocycles. The van der Waals surface area contributed by atoms with Gasteiger partial charge in [-0.05, 0) is 44.9 Å². The number of hydrogen-bond donors (Lipinski definition) is 3. The van der Waals surface area contributed by atoms with Crippen LogP contribution in [0.3, 0.4) is 0 Å². The maximum absolute atomic E-state index is 12.4. The standard InChI is InChI=1S/C14H26N2O6S2/c1-23(18,19)16-12-6-3-5-11(9-12)15-14(17)10-4-2-7-13(8-10)24(20,21)22/h10-13,16H,2-9H2,1H3,(H,15,17)(H,20,21,22). The summed E-state index contributed by atoms with van der Waals surface area (Å²) in [5.41, 5.74) is 0. The van der Waals surface area contributed by atoms with E-state index in [1.165, 1.54) is 0 Å². The summed E-state index contributed by atoms with van der Waals surface area (Å²) in [7, 11) is -7.39. The molecule has 0 aromatic carbocycles. The zero-order valence-electron chi connectivity index (χ0n) is 13.8. The van der Waals surface area contributed by atoms with Crippen molar-refractivity contribution in [2.45, 2.75) is 68.7 Å². The number of sulfonamides is 1. The van der Waals surface area contributed by atoms with Crippen molar-refractivity contribution in [3.63, 3.8) is 0 Å². The SMILES string of the molecule is CS(=O)(=O)NC1CCCC(NC(=O)C2CCCC(S(=O)(=O)O)C2)C1. The van der Waals surface area contributed by atoms with Gasteiger partial charge in [0.25, 0.3) is 10.1 Å². The van der Waals surface area contributed by atoms with Crippen LogP contribution in [0.15, 0.2) is 0 Å². The number of nitrogens with one attached hydrogen (secondary N) is 2. The maximum atomic E-state index is 12.4. The zero-order valence-corrected chi connectivity index (χ0v) is 15.4. The van der Waals surface area contributed by atoms with Gasteiger partial charge in [-0.25, -0.2) is 13.1 Å². The van der Waals surface area contributed by atoms with Crippen molar-refractivity contribution >= 4 is 26.0 Å². The highest BCUT2D eigenvalue weighted by molar-refractivity contribution is 7.88. The Kier molecular flexibility index (Phi) is 6.27. The van der Waals surface area contributed by atoms with E-state index in [1.807, 2.05) is 0 Å². The molecule has 0 bridgehead atoms. The molecule has 8 nitrogen and oxygen atoms in total. The number of rotatable bonds is 5. The van der Waals surface area contributed by atoms with Crippen molar-refractivity contribution in [3.8, 4) is 0 Å². The summed E-state index contributed by atoms with van der Waals surface area (Å²) >= 11 is 0. The molecule has 0 radical (unpaired) electrons. The number of carbonyl (C=O) groups is 1. The van der Waals surface area contributed by atoms with Gasteiger partial charge < -0.3 is 5.32 Å². The summed E-state index contributed by atoms with van der Waals surface area (Å²) in [5.74, 6) is -0.623. The van der Waals surface area contributed by atoms with E-state index in [0.717, 1.165) is 25.5 Å². The normalized spacial score (nSPS) is 32.2. The van der Waals surface area contributed by atoms with Gasteiger partial charge in [-0.1, -0.05) is 6.42 Å². The highest BCUT2D eigenvalue weighted by Crippen LogP contribution is 2.29. The molecule has 10 heteroatoms. The van der Waals surface area contributed by atoms with Crippen molar-refractivity contribution in [1.82, 2.24) is 10.0 Å². The van der Waals surface area contributed by atoms with Crippen LogP contribution in [0.4, 0.5) is 0 Å². The third-order valence-electron chi connectivity index (χ3n) is 4.82. The molecule has 2 saturated carbocycles. The van der Waals surface area contributed by atoms with Gasteiger partial charge in [0.2, 0.25) is 15.9 Å². The first-order valence-electron chi connectivity index (χ1n) is 8.28. The Balaban J connectivity index is 1.89. The van der Waals surface area contributed by atoms with E-state index in [2.05, 4.69) is 10.0 Å². The Morgan fingerprint density at radius 2 is 1.58 bits per heavy atom. The molecule has 2 fully saturated rings. The van der Waals surface area contributed by atoms with Crippen LogP contribution in [0.1, 0.15) is 51.4 Å². The van der Waals surface area contributed by atoms with E-state index in [0.29, 0.717) is 25.7 Å². The fourth-order valence-corrected chi connectivity index (χ4v) is 5.46. The molecular weight excluding hydrogens is 356 g/mol.